The van der Waals surface area contributed by atoms with Crippen LogP contribution in [0.25, 0.3) is 0 Å². The Morgan fingerprint density at radius 1 is 1.52 bits per heavy atom. The highest BCUT2D eigenvalue weighted by atomic mass is 16.6. The molecule has 1 unspecified atom stereocenters. The summed E-state index contributed by atoms with van der Waals surface area (Å²) in [6.45, 7) is 3.60. The Bertz CT molecular complexity index is 518. The van der Waals surface area contributed by atoms with Gasteiger partial charge in [-0.25, -0.2) is 0 Å². The van der Waals surface area contributed by atoms with Gasteiger partial charge in [0.15, 0.2) is 0 Å². The zero-order valence-corrected chi connectivity index (χ0v) is 12.2. The van der Waals surface area contributed by atoms with Gasteiger partial charge in [-0.2, -0.15) is 0 Å². The van der Waals surface area contributed by atoms with Crippen LogP contribution in [0.15, 0.2) is 24.3 Å². The summed E-state index contributed by atoms with van der Waals surface area (Å²) < 4.78 is 5.81. The van der Waals surface area contributed by atoms with Crippen LogP contribution in [0, 0.1) is 10.1 Å². The summed E-state index contributed by atoms with van der Waals surface area (Å²) in [5.41, 5.74) is 0.852. The van der Waals surface area contributed by atoms with Crippen LogP contribution in [-0.4, -0.2) is 34.9 Å². The molecule has 1 amide bonds. The smallest absolute Gasteiger partial charge is 0.269 e. The van der Waals surface area contributed by atoms with E-state index in [1.54, 1.807) is 6.07 Å². The van der Waals surface area contributed by atoms with Crippen molar-refractivity contribution in [2.75, 3.05) is 13.1 Å². The van der Waals surface area contributed by atoms with Gasteiger partial charge in [-0.3, -0.25) is 14.9 Å². The fourth-order valence-electron chi connectivity index (χ4n) is 2.50. The third-order valence-corrected chi connectivity index (χ3v) is 3.64. The maximum Gasteiger partial charge on any atom is 0.269 e. The van der Waals surface area contributed by atoms with Crippen LogP contribution in [0.2, 0.25) is 0 Å². The number of hydrogen-bond donors (Lipinski definition) is 0. The van der Waals surface area contributed by atoms with E-state index < -0.39 is 4.92 Å². The molecule has 0 aliphatic carbocycles. The molecule has 21 heavy (non-hydrogen) atoms. The summed E-state index contributed by atoms with van der Waals surface area (Å²) in [6.07, 6.45) is 2.37. The number of non-ortho nitro benzene ring substituents is 1. The van der Waals surface area contributed by atoms with E-state index in [1.165, 1.54) is 12.1 Å². The number of amides is 1. The molecule has 0 radical (unpaired) electrons. The van der Waals surface area contributed by atoms with Crippen molar-refractivity contribution in [3.63, 3.8) is 0 Å². The maximum absolute atomic E-state index is 11.7. The van der Waals surface area contributed by atoms with Gasteiger partial charge in [-0.1, -0.05) is 19.1 Å². The molecule has 1 aliphatic rings. The summed E-state index contributed by atoms with van der Waals surface area (Å²) in [7, 11) is 0. The average Bonchev–Trinajstić information content (AvgIpc) is 2.52. The van der Waals surface area contributed by atoms with E-state index in [0.29, 0.717) is 19.6 Å². The molecule has 0 bridgehead atoms. The number of piperidine rings is 1. The number of carbonyl (C=O) groups is 1. The van der Waals surface area contributed by atoms with E-state index >= 15 is 0 Å². The number of rotatable bonds is 5. The van der Waals surface area contributed by atoms with Gasteiger partial charge in [0.25, 0.3) is 5.69 Å². The summed E-state index contributed by atoms with van der Waals surface area (Å²) in [4.78, 5) is 23.9. The molecule has 6 heteroatoms. The summed E-state index contributed by atoms with van der Waals surface area (Å²) >= 11 is 0. The molecule has 0 spiro atoms. The van der Waals surface area contributed by atoms with Crippen molar-refractivity contribution in [2.24, 2.45) is 0 Å². The molecule has 1 saturated heterocycles. The Labute approximate surface area is 123 Å². The summed E-state index contributed by atoms with van der Waals surface area (Å²) in [6, 6.07) is 6.46. The molecule has 1 heterocycles. The second-order valence-corrected chi connectivity index (χ2v) is 5.20. The second kappa shape index (κ2) is 7.17. The largest absolute Gasteiger partial charge is 0.372 e. The lowest BCUT2D eigenvalue weighted by molar-refractivity contribution is -0.385. The van der Waals surface area contributed by atoms with Crippen LogP contribution in [0.5, 0.6) is 0 Å². The monoisotopic (exact) mass is 292 g/mol. The van der Waals surface area contributed by atoms with Gasteiger partial charge in [0.05, 0.1) is 17.6 Å². The van der Waals surface area contributed by atoms with E-state index in [-0.39, 0.29) is 17.7 Å². The highest BCUT2D eigenvalue weighted by molar-refractivity contribution is 5.75. The van der Waals surface area contributed by atoms with Gasteiger partial charge >= 0.3 is 0 Å². The number of hydrogen-bond acceptors (Lipinski definition) is 4. The first-order valence-corrected chi connectivity index (χ1v) is 7.23. The van der Waals surface area contributed by atoms with Gasteiger partial charge in [0.1, 0.15) is 0 Å². The van der Waals surface area contributed by atoms with E-state index in [4.69, 9.17) is 4.74 Å². The number of ether oxygens (including phenoxy) is 1. The fourth-order valence-corrected chi connectivity index (χ4v) is 2.50. The molecule has 0 N–H and O–H groups in total. The molecule has 1 aromatic rings. The maximum atomic E-state index is 11.7. The molecule has 1 aliphatic heterocycles. The predicted molar refractivity (Wildman–Crippen MR) is 77.8 cm³/mol. The molecule has 0 aromatic heterocycles. The Morgan fingerprint density at radius 2 is 2.33 bits per heavy atom. The number of nitro benzene ring substituents is 1. The van der Waals surface area contributed by atoms with Gasteiger partial charge < -0.3 is 9.64 Å². The Balaban J connectivity index is 1.89. The highest BCUT2D eigenvalue weighted by Crippen LogP contribution is 2.18. The van der Waals surface area contributed by atoms with Crippen LogP contribution in [0.1, 0.15) is 31.7 Å². The van der Waals surface area contributed by atoms with E-state index in [9.17, 15) is 14.9 Å². The quantitative estimate of drug-likeness (QED) is 0.617. The first kappa shape index (κ1) is 15.4. The van der Waals surface area contributed by atoms with E-state index in [2.05, 4.69) is 0 Å². The van der Waals surface area contributed by atoms with Crippen molar-refractivity contribution in [2.45, 2.75) is 38.9 Å². The normalized spacial score (nSPS) is 18.5. The van der Waals surface area contributed by atoms with Crippen LogP contribution >= 0.6 is 0 Å². The summed E-state index contributed by atoms with van der Waals surface area (Å²) in [5.74, 6) is 0.152. The number of benzene rings is 1. The first-order valence-electron chi connectivity index (χ1n) is 7.23. The topological polar surface area (TPSA) is 72.7 Å². The minimum Gasteiger partial charge on any atom is -0.372 e. The van der Waals surface area contributed by atoms with Crippen LogP contribution < -0.4 is 0 Å². The lowest BCUT2D eigenvalue weighted by Gasteiger charge is -2.32. The van der Waals surface area contributed by atoms with Crippen molar-refractivity contribution >= 4 is 11.6 Å². The standard InChI is InChI=1S/C15H20N2O4/c1-2-15(18)16-8-4-7-14(10-16)21-11-12-5-3-6-13(9-12)17(19)20/h3,5-6,9,14H,2,4,7-8,10-11H2,1H3. The molecule has 114 valence electrons. The van der Waals surface area contributed by atoms with Gasteiger partial charge in [0, 0.05) is 31.6 Å². The molecule has 0 saturated carbocycles. The van der Waals surface area contributed by atoms with Gasteiger partial charge in [-0.15, -0.1) is 0 Å². The SMILES string of the molecule is CCC(=O)N1CCCC(OCc2cccc([N+](=O)[O-])c2)C1. The van der Waals surface area contributed by atoms with Crippen molar-refractivity contribution in [1.29, 1.82) is 0 Å². The Hall–Kier alpha value is -1.95. The minimum absolute atomic E-state index is 0.00788. The molecular weight excluding hydrogens is 272 g/mol. The van der Waals surface area contributed by atoms with E-state index in [0.717, 1.165) is 24.9 Å². The Morgan fingerprint density at radius 3 is 3.05 bits per heavy atom. The van der Waals surface area contributed by atoms with Gasteiger partial charge in [-0.05, 0) is 18.4 Å². The average molecular weight is 292 g/mol. The minimum atomic E-state index is -0.411. The highest BCUT2D eigenvalue weighted by Gasteiger charge is 2.23. The van der Waals surface area contributed by atoms with Crippen LogP contribution in [-0.2, 0) is 16.1 Å². The molecular formula is C15H20N2O4. The molecule has 1 fully saturated rings. The van der Waals surface area contributed by atoms with Crippen molar-refractivity contribution in [1.82, 2.24) is 4.90 Å². The third-order valence-electron chi connectivity index (χ3n) is 3.64. The number of nitrogens with zero attached hydrogens (tertiary/aromatic N) is 2. The number of carbonyl (C=O) groups excluding carboxylic acids is 1. The van der Waals surface area contributed by atoms with Gasteiger partial charge in [0.2, 0.25) is 5.91 Å². The molecule has 1 atom stereocenters. The lowest BCUT2D eigenvalue weighted by atomic mass is 10.1. The second-order valence-electron chi connectivity index (χ2n) is 5.20. The zero-order valence-electron chi connectivity index (χ0n) is 12.2. The first-order chi connectivity index (χ1) is 10.1. The number of likely N-dealkylation sites (tertiary alicyclic amines) is 1. The van der Waals surface area contributed by atoms with Crippen molar-refractivity contribution in [3.05, 3.63) is 39.9 Å². The van der Waals surface area contributed by atoms with Crippen molar-refractivity contribution < 1.29 is 14.5 Å². The van der Waals surface area contributed by atoms with Crippen LogP contribution in [0.3, 0.4) is 0 Å². The lowest BCUT2D eigenvalue weighted by Crippen LogP contribution is -2.42. The molecule has 1 aromatic carbocycles. The Kier molecular flexibility index (Phi) is 5.27. The number of nitro groups is 1. The molecule has 2 rings (SSSR count). The van der Waals surface area contributed by atoms with Crippen molar-refractivity contribution in [3.8, 4) is 0 Å². The third kappa shape index (κ3) is 4.26. The fraction of sp³-hybridized carbons (Fsp3) is 0.533. The van der Waals surface area contributed by atoms with Crippen LogP contribution in [0.4, 0.5) is 5.69 Å². The predicted octanol–water partition coefficient (Wildman–Crippen LogP) is 2.51. The zero-order chi connectivity index (χ0) is 15.2. The molecule has 6 nitrogen and oxygen atoms in total. The summed E-state index contributed by atoms with van der Waals surface area (Å²) in [5, 5.41) is 10.7. The van der Waals surface area contributed by atoms with E-state index in [1.807, 2.05) is 17.9 Å².